The van der Waals surface area contributed by atoms with Crippen LogP contribution in [0.15, 0.2) is 18.3 Å². The zero-order valence-electron chi connectivity index (χ0n) is 7.36. The van der Waals surface area contributed by atoms with Gasteiger partial charge in [-0.05, 0) is 12.1 Å². The van der Waals surface area contributed by atoms with Gasteiger partial charge in [-0.25, -0.2) is 4.79 Å². The number of carboxylic acids is 1. The van der Waals surface area contributed by atoms with Gasteiger partial charge >= 0.3 is 5.97 Å². The van der Waals surface area contributed by atoms with E-state index in [2.05, 4.69) is 5.10 Å². The van der Waals surface area contributed by atoms with Gasteiger partial charge in [0.2, 0.25) is 0 Å². The first-order valence-corrected chi connectivity index (χ1v) is 4.32. The quantitative estimate of drug-likeness (QED) is 0.783. The number of halogens is 1. The van der Waals surface area contributed by atoms with Gasteiger partial charge in [0.05, 0.1) is 16.1 Å². The summed E-state index contributed by atoms with van der Waals surface area (Å²) in [6, 6.07) is 3.24. The minimum Gasteiger partial charge on any atom is -0.478 e. The van der Waals surface area contributed by atoms with Crippen LogP contribution in [0.3, 0.4) is 0 Å². The van der Waals surface area contributed by atoms with Crippen molar-refractivity contribution in [3.05, 3.63) is 28.9 Å². The van der Waals surface area contributed by atoms with Crippen LogP contribution in [0.5, 0.6) is 0 Å². The van der Waals surface area contributed by atoms with Crippen molar-refractivity contribution >= 4 is 28.5 Å². The monoisotopic (exact) mass is 210 g/mol. The van der Waals surface area contributed by atoms with E-state index in [1.54, 1.807) is 30.1 Å². The molecule has 0 amide bonds. The summed E-state index contributed by atoms with van der Waals surface area (Å²) >= 11 is 5.79. The molecular formula is C9H7ClN2O2. The SMILES string of the molecule is Cn1cc2c(C(=O)O)c(Cl)ccc2n1. The minimum absolute atomic E-state index is 0.109. The molecule has 0 unspecified atom stereocenters. The van der Waals surface area contributed by atoms with Crippen LogP contribution in [0.4, 0.5) is 0 Å². The van der Waals surface area contributed by atoms with Crippen LogP contribution < -0.4 is 0 Å². The van der Waals surface area contributed by atoms with Crippen LogP contribution in [-0.2, 0) is 7.05 Å². The van der Waals surface area contributed by atoms with E-state index in [0.717, 1.165) is 0 Å². The number of aryl methyl sites for hydroxylation is 1. The number of aromatic carboxylic acids is 1. The highest BCUT2D eigenvalue weighted by molar-refractivity contribution is 6.35. The van der Waals surface area contributed by atoms with Crippen molar-refractivity contribution in [1.82, 2.24) is 9.78 Å². The molecule has 0 saturated carbocycles. The molecule has 72 valence electrons. The van der Waals surface area contributed by atoms with Crippen LogP contribution in [0, 0.1) is 0 Å². The number of nitrogens with zero attached hydrogens (tertiary/aromatic N) is 2. The maximum Gasteiger partial charge on any atom is 0.337 e. The molecule has 0 aliphatic rings. The molecule has 1 aromatic carbocycles. The molecule has 1 heterocycles. The van der Waals surface area contributed by atoms with Gasteiger partial charge in [-0.3, -0.25) is 4.68 Å². The molecule has 4 nitrogen and oxygen atoms in total. The lowest BCUT2D eigenvalue weighted by Crippen LogP contribution is -1.97. The van der Waals surface area contributed by atoms with E-state index in [9.17, 15) is 4.79 Å². The highest BCUT2D eigenvalue weighted by Crippen LogP contribution is 2.24. The maximum atomic E-state index is 10.9. The summed E-state index contributed by atoms with van der Waals surface area (Å²) in [5, 5.41) is 13.8. The Balaban J connectivity index is 2.88. The second kappa shape index (κ2) is 2.99. The van der Waals surface area contributed by atoms with E-state index < -0.39 is 5.97 Å². The first-order chi connectivity index (χ1) is 6.59. The molecule has 1 aromatic heterocycles. The Morgan fingerprint density at radius 3 is 2.93 bits per heavy atom. The number of hydrogen-bond acceptors (Lipinski definition) is 2. The number of fused-ring (bicyclic) bond motifs is 1. The summed E-state index contributed by atoms with van der Waals surface area (Å²) in [4.78, 5) is 10.9. The van der Waals surface area contributed by atoms with E-state index in [0.29, 0.717) is 10.9 Å². The van der Waals surface area contributed by atoms with Gasteiger partial charge in [0, 0.05) is 18.6 Å². The first kappa shape index (κ1) is 9.02. The Labute approximate surface area is 84.7 Å². The normalized spacial score (nSPS) is 10.7. The summed E-state index contributed by atoms with van der Waals surface area (Å²) in [7, 11) is 1.74. The number of rotatable bonds is 1. The standard InChI is InChI=1S/C9H7ClN2O2/c1-12-4-5-7(11-12)3-2-6(10)8(5)9(13)14/h2-4H,1H3,(H,13,14). The molecule has 14 heavy (non-hydrogen) atoms. The van der Waals surface area contributed by atoms with Gasteiger partial charge in [0.1, 0.15) is 0 Å². The molecule has 2 rings (SSSR count). The summed E-state index contributed by atoms with van der Waals surface area (Å²) in [6.07, 6.45) is 1.64. The van der Waals surface area contributed by atoms with E-state index in [1.165, 1.54) is 0 Å². The van der Waals surface area contributed by atoms with E-state index in [-0.39, 0.29) is 10.6 Å². The van der Waals surface area contributed by atoms with Gasteiger partial charge in [-0.15, -0.1) is 0 Å². The Morgan fingerprint density at radius 2 is 2.29 bits per heavy atom. The molecule has 0 atom stereocenters. The molecule has 0 aliphatic carbocycles. The average molecular weight is 211 g/mol. The van der Waals surface area contributed by atoms with E-state index >= 15 is 0 Å². The third-order valence-electron chi connectivity index (χ3n) is 1.97. The summed E-state index contributed by atoms with van der Waals surface area (Å²) < 4.78 is 1.56. The topological polar surface area (TPSA) is 55.1 Å². The molecular weight excluding hydrogens is 204 g/mol. The Bertz CT molecular complexity index is 519. The predicted octanol–water partition coefficient (Wildman–Crippen LogP) is 1.92. The minimum atomic E-state index is -1.03. The van der Waals surface area contributed by atoms with Crippen molar-refractivity contribution in [2.75, 3.05) is 0 Å². The van der Waals surface area contributed by atoms with Crippen molar-refractivity contribution in [2.45, 2.75) is 0 Å². The third-order valence-corrected chi connectivity index (χ3v) is 2.28. The molecule has 1 N–H and O–H groups in total. The van der Waals surface area contributed by atoms with E-state index in [4.69, 9.17) is 16.7 Å². The molecule has 0 saturated heterocycles. The van der Waals surface area contributed by atoms with Crippen LogP contribution in [0.25, 0.3) is 10.9 Å². The number of hydrogen-bond donors (Lipinski definition) is 1. The third kappa shape index (κ3) is 1.24. The average Bonchev–Trinajstić information content (AvgIpc) is 2.43. The highest BCUT2D eigenvalue weighted by Gasteiger charge is 2.14. The predicted molar refractivity (Wildman–Crippen MR) is 52.7 cm³/mol. The second-order valence-electron chi connectivity index (χ2n) is 2.96. The lowest BCUT2D eigenvalue weighted by atomic mass is 10.1. The van der Waals surface area contributed by atoms with Gasteiger partial charge in [0.15, 0.2) is 0 Å². The van der Waals surface area contributed by atoms with Gasteiger partial charge < -0.3 is 5.11 Å². The second-order valence-corrected chi connectivity index (χ2v) is 3.37. The molecule has 2 aromatic rings. The smallest absolute Gasteiger partial charge is 0.337 e. The Hall–Kier alpha value is -1.55. The number of carbonyl (C=O) groups is 1. The van der Waals surface area contributed by atoms with Gasteiger partial charge in [-0.1, -0.05) is 11.6 Å². The highest BCUT2D eigenvalue weighted by atomic mass is 35.5. The molecule has 5 heteroatoms. The van der Waals surface area contributed by atoms with Crippen molar-refractivity contribution in [1.29, 1.82) is 0 Å². The van der Waals surface area contributed by atoms with Crippen molar-refractivity contribution in [3.8, 4) is 0 Å². The molecule has 0 bridgehead atoms. The van der Waals surface area contributed by atoms with E-state index in [1.807, 2.05) is 0 Å². The molecule has 0 fully saturated rings. The largest absolute Gasteiger partial charge is 0.478 e. The zero-order chi connectivity index (χ0) is 10.3. The van der Waals surface area contributed by atoms with Crippen LogP contribution in [0.1, 0.15) is 10.4 Å². The molecule has 0 spiro atoms. The maximum absolute atomic E-state index is 10.9. The summed E-state index contributed by atoms with van der Waals surface area (Å²) in [5.41, 5.74) is 0.742. The Kier molecular flexibility index (Phi) is 1.93. The first-order valence-electron chi connectivity index (χ1n) is 3.95. The lowest BCUT2D eigenvalue weighted by molar-refractivity contribution is 0.0699. The summed E-state index contributed by atoms with van der Waals surface area (Å²) in [5.74, 6) is -1.03. The fourth-order valence-corrected chi connectivity index (χ4v) is 1.65. The lowest BCUT2D eigenvalue weighted by Gasteiger charge is -1.98. The number of carboxylic acid groups (broad SMARTS) is 1. The van der Waals surface area contributed by atoms with Gasteiger partial charge in [-0.2, -0.15) is 5.10 Å². The van der Waals surface area contributed by atoms with Crippen LogP contribution in [0.2, 0.25) is 5.02 Å². The Morgan fingerprint density at radius 1 is 1.57 bits per heavy atom. The van der Waals surface area contributed by atoms with Crippen LogP contribution in [-0.4, -0.2) is 20.9 Å². The fourth-order valence-electron chi connectivity index (χ4n) is 1.40. The number of aromatic nitrogens is 2. The fraction of sp³-hybridized carbons (Fsp3) is 0.111. The molecule has 0 radical (unpaired) electrons. The zero-order valence-corrected chi connectivity index (χ0v) is 8.12. The van der Waals surface area contributed by atoms with Crippen molar-refractivity contribution < 1.29 is 9.90 Å². The van der Waals surface area contributed by atoms with Crippen molar-refractivity contribution in [2.24, 2.45) is 7.05 Å². The summed E-state index contributed by atoms with van der Waals surface area (Å²) in [6.45, 7) is 0. The van der Waals surface area contributed by atoms with Crippen molar-refractivity contribution in [3.63, 3.8) is 0 Å². The van der Waals surface area contributed by atoms with Gasteiger partial charge in [0.25, 0.3) is 0 Å². The molecule has 0 aliphatic heterocycles. The number of benzene rings is 1. The van der Waals surface area contributed by atoms with Crippen LogP contribution >= 0.6 is 11.6 Å².